The Bertz CT molecular complexity index is 641. The molecule has 2 aromatic carbocycles. The number of nitrogens with zero attached hydrogens (tertiary/aromatic N) is 1. The smallest absolute Gasteiger partial charge is 0.259 e. The van der Waals surface area contributed by atoms with E-state index in [0.29, 0.717) is 0 Å². The molecule has 0 saturated heterocycles. The number of carbonyl (C=O) groups is 1. The first-order valence-corrected chi connectivity index (χ1v) is 7.33. The van der Waals surface area contributed by atoms with E-state index in [4.69, 9.17) is 0 Å². The van der Waals surface area contributed by atoms with Crippen molar-refractivity contribution in [1.82, 2.24) is 5.43 Å². The number of carbonyl (C=O) groups excluding carboxylic acids is 1. The van der Waals surface area contributed by atoms with Crippen molar-refractivity contribution in [1.29, 1.82) is 0 Å². The average Bonchev–Trinajstić information content (AvgIpc) is 2.52. The van der Waals surface area contributed by atoms with Crippen LogP contribution in [0.15, 0.2) is 64.2 Å². The van der Waals surface area contributed by atoms with E-state index in [1.807, 2.05) is 61.5 Å². The van der Waals surface area contributed by atoms with Crippen molar-refractivity contribution < 1.29 is 4.79 Å². The number of hydrazone groups is 1. The van der Waals surface area contributed by atoms with Crippen molar-refractivity contribution in [2.45, 2.75) is 6.92 Å². The zero-order valence-electron chi connectivity index (χ0n) is 11.6. The Labute approximate surface area is 132 Å². The fraction of sp³-hybridized carbons (Fsp3) is 0.125. The maximum absolute atomic E-state index is 11.7. The Balaban J connectivity index is 1.88. The van der Waals surface area contributed by atoms with Gasteiger partial charge in [-0.3, -0.25) is 4.79 Å². The van der Waals surface area contributed by atoms with Crippen LogP contribution < -0.4 is 10.7 Å². The van der Waals surface area contributed by atoms with Gasteiger partial charge in [0.2, 0.25) is 0 Å². The largest absolute Gasteiger partial charge is 0.376 e. The molecule has 0 bridgehead atoms. The van der Waals surface area contributed by atoms with Crippen LogP contribution >= 0.6 is 15.9 Å². The summed E-state index contributed by atoms with van der Waals surface area (Å²) in [6.07, 6.45) is 0. The van der Waals surface area contributed by atoms with Gasteiger partial charge in [-0.25, -0.2) is 5.43 Å². The van der Waals surface area contributed by atoms with Gasteiger partial charge in [0, 0.05) is 15.7 Å². The quantitative estimate of drug-likeness (QED) is 0.644. The molecule has 0 aliphatic rings. The van der Waals surface area contributed by atoms with Crippen molar-refractivity contribution >= 4 is 33.2 Å². The summed E-state index contributed by atoms with van der Waals surface area (Å²) in [7, 11) is 0. The van der Waals surface area contributed by atoms with Crippen LogP contribution in [0.1, 0.15) is 12.5 Å². The maximum atomic E-state index is 11.7. The monoisotopic (exact) mass is 345 g/mol. The SMILES string of the molecule is C/C(=N\NC(=O)CNc1ccccc1)c1ccccc1Br. The van der Waals surface area contributed by atoms with Crippen LogP contribution in [0.5, 0.6) is 0 Å². The zero-order valence-corrected chi connectivity index (χ0v) is 13.2. The molecule has 0 fully saturated rings. The first-order chi connectivity index (χ1) is 10.2. The van der Waals surface area contributed by atoms with E-state index < -0.39 is 0 Å². The van der Waals surface area contributed by atoms with Crippen molar-refractivity contribution in [2.75, 3.05) is 11.9 Å². The van der Waals surface area contributed by atoms with Crippen LogP contribution in [0.4, 0.5) is 5.69 Å². The Morgan fingerprint density at radius 1 is 1.10 bits per heavy atom. The highest BCUT2D eigenvalue weighted by molar-refractivity contribution is 9.10. The topological polar surface area (TPSA) is 53.5 Å². The Hall–Kier alpha value is -2.14. The second-order valence-electron chi connectivity index (χ2n) is 4.43. The molecule has 0 saturated carbocycles. The number of halogens is 1. The molecule has 0 unspecified atom stereocenters. The molecular weight excluding hydrogens is 330 g/mol. The molecule has 0 radical (unpaired) electrons. The Morgan fingerprint density at radius 3 is 2.48 bits per heavy atom. The van der Waals surface area contributed by atoms with Crippen molar-refractivity contribution in [3.05, 3.63) is 64.6 Å². The maximum Gasteiger partial charge on any atom is 0.259 e. The van der Waals surface area contributed by atoms with E-state index in [0.717, 1.165) is 21.4 Å². The molecule has 5 heteroatoms. The molecule has 0 heterocycles. The van der Waals surface area contributed by atoms with Gasteiger partial charge in [0.15, 0.2) is 0 Å². The van der Waals surface area contributed by atoms with E-state index in [9.17, 15) is 4.79 Å². The molecule has 4 nitrogen and oxygen atoms in total. The molecule has 0 aliphatic heterocycles. The number of anilines is 1. The highest BCUT2D eigenvalue weighted by atomic mass is 79.9. The molecule has 0 atom stereocenters. The highest BCUT2D eigenvalue weighted by Crippen LogP contribution is 2.16. The third kappa shape index (κ3) is 4.72. The third-order valence-corrected chi connectivity index (χ3v) is 3.53. The summed E-state index contributed by atoms with van der Waals surface area (Å²) >= 11 is 3.46. The number of nitrogens with one attached hydrogen (secondary N) is 2. The van der Waals surface area contributed by atoms with E-state index in [1.165, 1.54) is 0 Å². The van der Waals surface area contributed by atoms with Crippen molar-refractivity contribution in [3.8, 4) is 0 Å². The summed E-state index contributed by atoms with van der Waals surface area (Å²) in [5.41, 5.74) is 5.14. The lowest BCUT2D eigenvalue weighted by Crippen LogP contribution is -2.26. The van der Waals surface area contributed by atoms with E-state index in [1.54, 1.807) is 0 Å². The van der Waals surface area contributed by atoms with Crippen molar-refractivity contribution in [3.63, 3.8) is 0 Å². The van der Waals surface area contributed by atoms with Gasteiger partial charge in [-0.05, 0) is 25.1 Å². The van der Waals surface area contributed by atoms with Crippen molar-refractivity contribution in [2.24, 2.45) is 5.10 Å². The van der Waals surface area contributed by atoms with Gasteiger partial charge >= 0.3 is 0 Å². The summed E-state index contributed by atoms with van der Waals surface area (Å²) in [6.45, 7) is 2.03. The van der Waals surface area contributed by atoms with Crippen LogP contribution in [0, 0.1) is 0 Å². The van der Waals surface area contributed by atoms with Gasteiger partial charge < -0.3 is 5.32 Å². The standard InChI is InChI=1S/C16H16BrN3O/c1-12(14-9-5-6-10-15(14)17)19-20-16(21)11-18-13-7-3-2-4-8-13/h2-10,18H,11H2,1H3,(H,20,21)/b19-12+. The van der Waals surface area contributed by atoms with Gasteiger partial charge in [-0.1, -0.05) is 52.3 Å². The molecule has 0 spiro atoms. The minimum Gasteiger partial charge on any atom is -0.376 e. The number of para-hydroxylation sites is 1. The van der Waals surface area contributed by atoms with E-state index in [2.05, 4.69) is 31.8 Å². The molecule has 2 rings (SSSR count). The summed E-state index contributed by atoms with van der Waals surface area (Å²) in [5.74, 6) is -0.190. The van der Waals surface area contributed by atoms with E-state index in [-0.39, 0.29) is 12.5 Å². The fourth-order valence-corrected chi connectivity index (χ4v) is 2.31. The molecule has 2 N–H and O–H groups in total. The predicted octanol–water partition coefficient (Wildman–Crippen LogP) is 3.40. The molecule has 0 aliphatic carbocycles. The van der Waals surface area contributed by atoms with Crippen LogP contribution in [0.2, 0.25) is 0 Å². The van der Waals surface area contributed by atoms with Gasteiger partial charge in [0.05, 0.1) is 12.3 Å². The van der Waals surface area contributed by atoms with Gasteiger partial charge in [-0.15, -0.1) is 0 Å². The summed E-state index contributed by atoms with van der Waals surface area (Å²) in [5, 5.41) is 7.14. The van der Waals surface area contributed by atoms with Gasteiger partial charge in [-0.2, -0.15) is 5.10 Å². The first kappa shape index (κ1) is 15.3. The Morgan fingerprint density at radius 2 is 1.76 bits per heavy atom. The molecule has 1 amide bonds. The summed E-state index contributed by atoms with van der Waals surface area (Å²) in [6, 6.07) is 17.3. The summed E-state index contributed by atoms with van der Waals surface area (Å²) in [4.78, 5) is 11.7. The molecule has 108 valence electrons. The number of rotatable bonds is 5. The normalized spacial score (nSPS) is 11.0. The second-order valence-corrected chi connectivity index (χ2v) is 5.29. The fourth-order valence-electron chi connectivity index (χ4n) is 1.74. The zero-order chi connectivity index (χ0) is 15.1. The minimum atomic E-state index is -0.190. The molecule has 2 aromatic rings. The minimum absolute atomic E-state index is 0.177. The molecular formula is C16H16BrN3O. The highest BCUT2D eigenvalue weighted by Gasteiger charge is 2.04. The second kappa shape index (κ2) is 7.59. The lowest BCUT2D eigenvalue weighted by molar-refractivity contribution is -0.119. The lowest BCUT2D eigenvalue weighted by Gasteiger charge is -2.06. The number of benzene rings is 2. The average molecular weight is 346 g/mol. The lowest BCUT2D eigenvalue weighted by atomic mass is 10.1. The number of hydrogen-bond donors (Lipinski definition) is 2. The van der Waals surface area contributed by atoms with Gasteiger partial charge in [0.1, 0.15) is 0 Å². The number of hydrogen-bond acceptors (Lipinski definition) is 3. The van der Waals surface area contributed by atoms with Crippen LogP contribution in [0.25, 0.3) is 0 Å². The van der Waals surface area contributed by atoms with Crippen LogP contribution in [-0.4, -0.2) is 18.2 Å². The summed E-state index contributed by atoms with van der Waals surface area (Å²) < 4.78 is 0.947. The Kier molecular flexibility index (Phi) is 5.51. The molecule has 0 aromatic heterocycles. The van der Waals surface area contributed by atoms with Crippen LogP contribution in [0.3, 0.4) is 0 Å². The first-order valence-electron chi connectivity index (χ1n) is 6.54. The number of amides is 1. The van der Waals surface area contributed by atoms with Gasteiger partial charge in [0.25, 0.3) is 5.91 Å². The predicted molar refractivity (Wildman–Crippen MR) is 89.4 cm³/mol. The third-order valence-electron chi connectivity index (χ3n) is 2.84. The van der Waals surface area contributed by atoms with E-state index >= 15 is 0 Å². The molecule has 21 heavy (non-hydrogen) atoms. The van der Waals surface area contributed by atoms with Crippen LogP contribution in [-0.2, 0) is 4.79 Å².